The summed E-state index contributed by atoms with van der Waals surface area (Å²) >= 11 is 6.40. The van der Waals surface area contributed by atoms with Gasteiger partial charge in [0.2, 0.25) is 0 Å². The lowest BCUT2D eigenvalue weighted by atomic mass is 10.0. The van der Waals surface area contributed by atoms with E-state index in [-0.39, 0.29) is 0 Å². The van der Waals surface area contributed by atoms with Crippen molar-refractivity contribution in [1.82, 2.24) is 0 Å². The van der Waals surface area contributed by atoms with Crippen molar-refractivity contribution in [3.63, 3.8) is 0 Å². The molecule has 0 amide bonds. The molecular weight excluding hydrogens is 268 g/mol. The lowest BCUT2D eigenvalue weighted by molar-refractivity contribution is 0.506. The molecule has 0 radical (unpaired) electrons. The Balaban J connectivity index is 3.21. The fourth-order valence-electron chi connectivity index (χ4n) is 2.78. The first-order chi connectivity index (χ1) is 9.54. The number of hydrogen-bond acceptors (Lipinski definition) is 2. The number of benzene rings is 1. The van der Waals surface area contributed by atoms with E-state index in [1.807, 2.05) is 12.1 Å². The van der Waals surface area contributed by atoms with Gasteiger partial charge in [0.1, 0.15) is 0 Å². The first-order valence-corrected chi connectivity index (χ1v) is 8.16. The lowest BCUT2D eigenvalue weighted by Crippen LogP contribution is -2.38. The van der Waals surface area contributed by atoms with E-state index in [2.05, 4.69) is 38.7 Å². The third-order valence-corrected chi connectivity index (χ3v) is 4.10. The Hall–Kier alpha value is -0.730. The van der Waals surface area contributed by atoms with Crippen LogP contribution in [0.2, 0.25) is 5.02 Å². The number of nitrogens with zero attached hydrogens (tertiary/aromatic N) is 1. The number of halogens is 1. The summed E-state index contributed by atoms with van der Waals surface area (Å²) in [7, 11) is 0. The van der Waals surface area contributed by atoms with E-state index < -0.39 is 0 Å². The monoisotopic (exact) mass is 296 g/mol. The van der Waals surface area contributed by atoms with E-state index in [0.717, 1.165) is 30.8 Å². The molecule has 0 saturated carbocycles. The molecule has 0 heterocycles. The Bertz CT molecular complexity index is 400. The Morgan fingerprint density at radius 1 is 1.20 bits per heavy atom. The minimum absolute atomic E-state index is 0.562. The summed E-state index contributed by atoms with van der Waals surface area (Å²) in [6.07, 6.45) is 3.14. The number of rotatable bonds is 8. The summed E-state index contributed by atoms with van der Waals surface area (Å²) in [5.41, 5.74) is 8.23. The molecule has 2 nitrogen and oxygen atoms in total. The number of nitrogens with two attached hydrogens (primary N) is 1. The zero-order chi connectivity index (χ0) is 15.1. The smallest absolute Gasteiger partial charge is 0.0459 e. The van der Waals surface area contributed by atoms with Crippen molar-refractivity contribution >= 4 is 17.3 Å². The van der Waals surface area contributed by atoms with Gasteiger partial charge < -0.3 is 10.6 Å². The maximum absolute atomic E-state index is 6.40. The fourth-order valence-corrected chi connectivity index (χ4v) is 3.04. The predicted octanol–water partition coefficient (Wildman–Crippen LogP) is 4.49. The minimum atomic E-state index is 0.562. The summed E-state index contributed by atoms with van der Waals surface area (Å²) in [4.78, 5) is 2.53. The van der Waals surface area contributed by atoms with Crippen LogP contribution in [0.5, 0.6) is 0 Å². The van der Waals surface area contributed by atoms with Crippen molar-refractivity contribution in [1.29, 1.82) is 0 Å². The van der Waals surface area contributed by atoms with Gasteiger partial charge in [-0.05, 0) is 49.4 Å². The van der Waals surface area contributed by atoms with E-state index >= 15 is 0 Å². The van der Waals surface area contributed by atoms with Crippen LogP contribution in [0.3, 0.4) is 0 Å². The molecule has 1 aromatic rings. The molecule has 2 N–H and O–H groups in total. The average molecular weight is 297 g/mol. The van der Waals surface area contributed by atoms with Crippen LogP contribution >= 0.6 is 11.6 Å². The zero-order valence-electron chi connectivity index (χ0n) is 13.3. The highest BCUT2D eigenvalue weighted by Gasteiger charge is 2.20. The second-order valence-electron chi connectivity index (χ2n) is 5.79. The van der Waals surface area contributed by atoms with Crippen molar-refractivity contribution in [2.45, 2.75) is 53.0 Å². The summed E-state index contributed by atoms with van der Waals surface area (Å²) < 4.78 is 0. The Kier molecular flexibility index (Phi) is 7.39. The Morgan fingerprint density at radius 2 is 1.85 bits per heavy atom. The van der Waals surface area contributed by atoms with Crippen LogP contribution in [0.4, 0.5) is 5.69 Å². The SMILES string of the molecule is CCC(CC)N(CC(C)C)c1cccc(Cl)c1CCN. The topological polar surface area (TPSA) is 29.3 Å². The van der Waals surface area contributed by atoms with Crippen LogP contribution in [0.15, 0.2) is 18.2 Å². The van der Waals surface area contributed by atoms with Crippen molar-refractivity contribution < 1.29 is 0 Å². The van der Waals surface area contributed by atoms with Gasteiger partial charge in [0.15, 0.2) is 0 Å². The molecule has 0 spiro atoms. The van der Waals surface area contributed by atoms with Gasteiger partial charge >= 0.3 is 0 Å². The van der Waals surface area contributed by atoms with Crippen LogP contribution in [-0.4, -0.2) is 19.1 Å². The first kappa shape index (κ1) is 17.3. The molecule has 114 valence electrons. The molecule has 0 aliphatic heterocycles. The van der Waals surface area contributed by atoms with Gasteiger partial charge in [-0.2, -0.15) is 0 Å². The molecule has 0 unspecified atom stereocenters. The molecule has 0 aromatic heterocycles. The summed E-state index contributed by atoms with van der Waals surface area (Å²) in [6, 6.07) is 6.77. The molecule has 3 heteroatoms. The predicted molar refractivity (Wildman–Crippen MR) is 90.8 cm³/mol. The highest BCUT2D eigenvalue weighted by atomic mass is 35.5. The Labute approximate surface area is 129 Å². The van der Waals surface area contributed by atoms with Crippen molar-refractivity contribution in [2.24, 2.45) is 11.7 Å². The first-order valence-electron chi connectivity index (χ1n) is 7.79. The van der Waals surface area contributed by atoms with Gasteiger partial charge in [-0.25, -0.2) is 0 Å². The summed E-state index contributed by atoms with van der Waals surface area (Å²) in [5.74, 6) is 0.625. The quantitative estimate of drug-likeness (QED) is 0.766. The van der Waals surface area contributed by atoms with E-state index in [1.54, 1.807) is 0 Å². The van der Waals surface area contributed by atoms with E-state index in [0.29, 0.717) is 18.5 Å². The van der Waals surface area contributed by atoms with Crippen LogP contribution in [0, 0.1) is 5.92 Å². The van der Waals surface area contributed by atoms with E-state index in [4.69, 9.17) is 17.3 Å². The number of anilines is 1. The zero-order valence-corrected chi connectivity index (χ0v) is 14.1. The van der Waals surface area contributed by atoms with Crippen molar-refractivity contribution in [3.8, 4) is 0 Å². The molecule has 0 aliphatic rings. The summed E-state index contributed by atoms with van der Waals surface area (Å²) in [6.45, 7) is 10.7. The second kappa shape index (κ2) is 8.53. The molecule has 0 atom stereocenters. The van der Waals surface area contributed by atoms with Gasteiger partial charge in [-0.15, -0.1) is 0 Å². The second-order valence-corrected chi connectivity index (χ2v) is 6.20. The molecular formula is C17H29ClN2. The van der Waals surface area contributed by atoms with E-state index in [1.165, 1.54) is 11.3 Å². The van der Waals surface area contributed by atoms with Gasteiger partial charge in [0.25, 0.3) is 0 Å². The largest absolute Gasteiger partial charge is 0.368 e. The summed E-state index contributed by atoms with van der Waals surface area (Å²) in [5, 5.41) is 0.840. The molecule has 1 rings (SSSR count). The Morgan fingerprint density at radius 3 is 2.35 bits per heavy atom. The molecule has 20 heavy (non-hydrogen) atoms. The lowest BCUT2D eigenvalue weighted by Gasteiger charge is -2.36. The maximum Gasteiger partial charge on any atom is 0.0459 e. The number of hydrogen-bond donors (Lipinski definition) is 1. The molecule has 1 aromatic carbocycles. The average Bonchev–Trinajstić information content (AvgIpc) is 2.41. The van der Waals surface area contributed by atoms with Gasteiger partial charge in [0, 0.05) is 23.3 Å². The molecule has 0 fully saturated rings. The molecule has 0 bridgehead atoms. The highest BCUT2D eigenvalue weighted by molar-refractivity contribution is 6.31. The third-order valence-electron chi connectivity index (χ3n) is 3.74. The van der Waals surface area contributed by atoms with Crippen molar-refractivity contribution in [3.05, 3.63) is 28.8 Å². The minimum Gasteiger partial charge on any atom is -0.368 e. The van der Waals surface area contributed by atoms with Gasteiger partial charge in [0.05, 0.1) is 0 Å². The van der Waals surface area contributed by atoms with Gasteiger partial charge in [-0.3, -0.25) is 0 Å². The van der Waals surface area contributed by atoms with E-state index in [9.17, 15) is 0 Å². The fraction of sp³-hybridized carbons (Fsp3) is 0.647. The molecule has 0 aliphatic carbocycles. The van der Waals surface area contributed by atoms with Crippen LogP contribution < -0.4 is 10.6 Å². The van der Waals surface area contributed by atoms with Crippen LogP contribution in [-0.2, 0) is 6.42 Å². The third kappa shape index (κ3) is 4.39. The maximum atomic E-state index is 6.40. The standard InChI is InChI=1S/C17H29ClN2/c1-5-14(6-2)20(12-13(3)4)17-9-7-8-16(18)15(17)10-11-19/h7-9,13-14H,5-6,10-12,19H2,1-4H3. The molecule has 0 saturated heterocycles. The highest BCUT2D eigenvalue weighted by Crippen LogP contribution is 2.31. The normalized spacial score (nSPS) is 11.4. The van der Waals surface area contributed by atoms with Crippen molar-refractivity contribution in [2.75, 3.05) is 18.0 Å². The van der Waals surface area contributed by atoms with Gasteiger partial charge in [-0.1, -0.05) is 45.4 Å². The van der Waals surface area contributed by atoms with Crippen LogP contribution in [0.1, 0.15) is 46.1 Å². The van der Waals surface area contributed by atoms with Crippen LogP contribution in [0.25, 0.3) is 0 Å².